The topological polar surface area (TPSA) is 73.0 Å². The number of rotatable bonds is 7. The van der Waals surface area contributed by atoms with E-state index < -0.39 is 0 Å². The Morgan fingerprint density at radius 1 is 1.00 bits per heavy atom. The molecule has 4 rings (SSSR count). The second-order valence-electron chi connectivity index (χ2n) is 8.34. The van der Waals surface area contributed by atoms with Gasteiger partial charge in [-0.15, -0.1) is 0 Å². The van der Waals surface area contributed by atoms with Gasteiger partial charge in [-0.05, 0) is 30.8 Å². The lowest BCUT2D eigenvalue weighted by Gasteiger charge is -2.35. The molecule has 3 amide bonds. The molecular weight excluding hydrogens is 472 g/mol. The van der Waals surface area contributed by atoms with Crippen LogP contribution in [0.5, 0.6) is 0 Å². The minimum Gasteiger partial charge on any atom is -0.348 e. The minimum absolute atomic E-state index is 0.0613. The number of hydrogen-bond donors (Lipinski definition) is 1. The van der Waals surface area contributed by atoms with Crippen molar-refractivity contribution in [3.63, 3.8) is 0 Å². The molecule has 1 saturated heterocycles. The Balaban J connectivity index is 1.38. The van der Waals surface area contributed by atoms with Crippen molar-refractivity contribution in [1.29, 1.82) is 0 Å². The second-order valence-corrected chi connectivity index (χ2v) is 9.25. The molecule has 168 valence electrons. The molecule has 0 radical (unpaired) electrons. The Bertz CT molecular complexity index is 1010. The van der Waals surface area contributed by atoms with Crippen molar-refractivity contribution in [2.24, 2.45) is 0 Å². The molecule has 0 bridgehead atoms. The molecule has 1 N–H and O–H groups in total. The fourth-order valence-electron chi connectivity index (χ4n) is 4.15. The molecule has 32 heavy (non-hydrogen) atoms. The maximum absolute atomic E-state index is 12.8. The number of nitrogens with one attached hydrogen (secondary N) is 1. The van der Waals surface area contributed by atoms with Crippen LogP contribution < -0.4 is 5.32 Å². The van der Waals surface area contributed by atoms with Crippen LogP contribution >= 0.6 is 15.9 Å². The highest BCUT2D eigenvalue weighted by atomic mass is 79.9. The van der Waals surface area contributed by atoms with Crippen LogP contribution in [-0.2, 0) is 4.79 Å². The van der Waals surface area contributed by atoms with Gasteiger partial charge in [0.05, 0.1) is 17.2 Å². The zero-order valence-electron chi connectivity index (χ0n) is 18.1. The number of halogens is 1. The molecule has 2 aliphatic rings. The maximum atomic E-state index is 12.8. The third-order valence-corrected chi connectivity index (χ3v) is 6.56. The van der Waals surface area contributed by atoms with Gasteiger partial charge in [0, 0.05) is 50.2 Å². The Morgan fingerprint density at radius 2 is 1.69 bits per heavy atom. The smallest absolute Gasteiger partial charge is 0.261 e. The molecule has 2 heterocycles. The summed E-state index contributed by atoms with van der Waals surface area (Å²) in [5, 5.41) is 3.12. The summed E-state index contributed by atoms with van der Waals surface area (Å²) in [6, 6.07) is 14.8. The van der Waals surface area contributed by atoms with Gasteiger partial charge in [0.2, 0.25) is 5.91 Å². The van der Waals surface area contributed by atoms with Gasteiger partial charge in [0.25, 0.3) is 11.8 Å². The first kappa shape index (κ1) is 22.6. The average Bonchev–Trinajstić information content (AvgIpc) is 3.03. The van der Waals surface area contributed by atoms with Gasteiger partial charge in [-0.1, -0.05) is 46.3 Å². The van der Waals surface area contributed by atoms with E-state index in [2.05, 4.69) is 38.1 Å². The zero-order valence-corrected chi connectivity index (χ0v) is 19.7. The normalized spacial score (nSPS) is 18.0. The third kappa shape index (κ3) is 5.09. The van der Waals surface area contributed by atoms with E-state index in [4.69, 9.17) is 0 Å². The number of hydrogen-bond acceptors (Lipinski definition) is 5. The number of imide groups is 1. The summed E-state index contributed by atoms with van der Waals surface area (Å²) < 4.78 is 0.742. The Labute approximate surface area is 196 Å². The van der Waals surface area contributed by atoms with E-state index in [0.717, 1.165) is 47.7 Å². The van der Waals surface area contributed by atoms with Crippen LogP contribution in [0.25, 0.3) is 0 Å². The summed E-state index contributed by atoms with van der Waals surface area (Å²) >= 11 is 3.33. The van der Waals surface area contributed by atoms with E-state index in [1.807, 2.05) is 30.3 Å². The summed E-state index contributed by atoms with van der Waals surface area (Å²) in [5.74, 6) is -0.871. The maximum Gasteiger partial charge on any atom is 0.261 e. The van der Waals surface area contributed by atoms with Crippen LogP contribution in [0.15, 0.2) is 53.0 Å². The van der Waals surface area contributed by atoms with Crippen LogP contribution in [0.4, 0.5) is 0 Å². The molecule has 7 nitrogen and oxygen atoms in total. The molecular formula is C24H27BrN4O3. The summed E-state index contributed by atoms with van der Waals surface area (Å²) in [7, 11) is 2.12. The molecule has 0 saturated carbocycles. The van der Waals surface area contributed by atoms with Crippen LogP contribution in [0.2, 0.25) is 0 Å². The number of fused-ring (bicyclic) bond motifs is 1. The number of carbonyl (C=O) groups is 3. The summed E-state index contributed by atoms with van der Waals surface area (Å²) in [6.07, 6.45) is 0.0682. The quantitative estimate of drug-likeness (QED) is 0.593. The standard InChI is InChI=1S/C24H27BrN4O3/c1-27-11-13-28(14-12-27)16-21(17-5-3-2-4-6-17)26-22(30)9-10-29-23(31)19-8-7-18(25)15-20(19)24(29)32/h2-8,15,21H,9-14,16H2,1H3,(H,26,30). The fraction of sp³-hybridized carbons (Fsp3) is 0.375. The number of amides is 3. The Hall–Kier alpha value is -2.55. The van der Waals surface area contributed by atoms with E-state index in [1.165, 1.54) is 0 Å². The predicted molar refractivity (Wildman–Crippen MR) is 125 cm³/mol. The van der Waals surface area contributed by atoms with Crippen LogP contribution in [0, 0.1) is 0 Å². The van der Waals surface area contributed by atoms with Gasteiger partial charge < -0.3 is 10.2 Å². The van der Waals surface area contributed by atoms with E-state index in [1.54, 1.807) is 18.2 Å². The molecule has 0 spiro atoms. The van der Waals surface area contributed by atoms with Crippen molar-refractivity contribution in [1.82, 2.24) is 20.0 Å². The molecule has 1 unspecified atom stereocenters. The summed E-state index contributed by atoms with van der Waals surface area (Å²) in [4.78, 5) is 43.9. The number of piperazine rings is 1. The second kappa shape index (κ2) is 9.94. The fourth-order valence-corrected chi connectivity index (χ4v) is 4.52. The van der Waals surface area contributed by atoms with Gasteiger partial charge in [-0.2, -0.15) is 0 Å². The number of likely N-dealkylation sites (N-methyl/N-ethyl adjacent to an activating group) is 1. The lowest BCUT2D eigenvalue weighted by Crippen LogP contribution is -2.48. The first-order valence-corrected chi connectivity index (χ1v) is 11.6. The van der Waals surface area contributed by atoms with E-state index >= 15 is 0 Å². The number of carbonyl (C=O) groups excluding carboxylic acids is 3. The Kier molecular flexibility index (Phi) is 7.03. The monoisotopic (exact) mass is 498 g/mol. The highest BCUT2D eigenvalue weighted by molar-refractivity contribution is 9.10. The van der Waals surface area contributed by atoms with Gasteiger partial charge >= 0.3 is 0 Å². The molecule has 0 aliphatic carbocycles. The minimum atomic E-state index is -0.351. The largest absolute Gasteiger partial charge is 0.348 e. The first-order valence-electron chi connectivity index (χ1n) is 10.8. The highest BCUT2D eigenvalue weighted by Crippen LogP contribution is 2.26. The van der Waals surface area contributed by atoms with Gasteiger partial charge in [0.15, 0.2) is 0 Å². The first-order chi connectivity index (χ1) is 15.4. The molecule has 1 fully saturated rings. The highest BCUT2D eigenvalue weighted by Gasteiger charge is 2.35. The summed E-state index contributed by atoms with van der Waals surface area (Å²) in [6.45, 7) is 4.72. The number of benzene rings is 2. The Morgan fingerprint density at radius 3 is 2.41 bits per heavy atom. The molecule has 2 aromatic carbocycles. The van der Waals surface area contributed by atoms with Crippen molar-refractivity contribution < 1.29 is 14.4 Å². The van der Waals surface area contributed by atoms with Crippen molar-refractivity contribution >= 4 is 33.7 Å². The lowest BCUT2D eigenvalue weighted by atomic mass is 10.1. The molecule has 2 aliphatic heterocycles. The van der Waals surface area contributed by atoms with Crippen molar-refractivity contribution in [2.75, 3.05) is 46.3 Å². The average molecular weight is 499 g/mol. The zero-order chi connectivity index (χ0) is 22.7. The van der Waals surface area contributed by atoms with Crippen LogP contribution in [0.3, 0.4) is 0 Å². The van der Waals surface area contributed by atoms with Crippen LogP contribution in [-0.4, -0.2) is 78.7 Å². The van der Waals surface area contributed by atoms with Gasteiger partial charge in [-0.25, -0.2) is 0 Å². The van der Waals surface area contributed by atoms with E-state index in [-0.39, 0.29) is 36.7 Å². The third-order valence-electron chi connectivity index (χ3n) is 6.07. The van der Waals surface area contributed by atoms with E-state index in [9.17, 15) is 14.4 Å². The predicted octanol–water partition coefficient (Wildman–Crippen LogP) is 2.54. The SMILES string of the molecule is CN1CCN(CC(NC(=O)CCN2C(=O)c3ccc(Br)cc3C2=O)c2ccccc2)CC1. The lowest BCUT2D eigenvalue weighted by molar-refractivity contribution is -0.122. The van der Waals surface area contributed by atoms with Crippen molar-refractivity contribution in [3.8, 4) is 0 Å². The molecule has 0 aromatic heterocycles. The molecule has 1 atom stereocenters. The van der Waals surface area contributed by atoms with Crippen molar-refractivity contribution in [3.05, 3.63) is 69.7 Å². The molecule has 2 aromatic rings. The van der Waals surface area contributed by atoms with Gasteiger partial charge in [-0.3, -0.25) is 24.2 Å². The molecule has 8 heteroatoms. The van der Waals surface area contributed by atoms with E-state index in [0.29, 0.717) is 11.1 Å². The van der Waals surface area contributed by atoms with Gasteiger partial charge in [0.1, 0.15) is 0 Å². The van der Waals surface area contributed by atoms with Crippen LogP contribution in [0.1, 0.15) is 38.7 Å². The van der Waals surface area contributed by atoms with Crippen molar-refractivity contribution in [2.45, 2.75) is 12.5 Å². The number of nitrogens with zero attached hydrogens (tertiary/aromatic N) is 3. The summed E-state index contributed by atoms with van der Waals surface area (Å²) in [5.41, 5.74) is 1.81.